The number of rotatable bonds is 6. The number of aryl methyl sites for hydroxylation is 1. The van der Waals surface area contributed by atoms with E-state index in [1.54, 1.807) is 0 Å². The van der Waals surface area contributed by atoms with Crippen LogP contribution in [-0.4, -0.2) is 25.9 Å². The fourth-order valence-electron chi connectivity index (χ4n) is 9.51. The van der Waals surface area contributed by atoms with Gasteiger partial charge in [0, 0.05) is 74.2 Å². The van der Waals surface area contributed by atoms with Gasteiger partial charge in [-0.3, -0.25) is 0 Å². The van der Waals surface area contributed by atoms with E-state index in [4.69, 9.17) is 4.42 Å². The molecular formula is C53H38BN3OS. The third-order valence-corrected chi connectivity index (χ3v) is 13.5. The topological polar surface area (TPSA) is 33.3 Å². The summed E-state index contributed by atoms with van der Waals surface area (Å²) >= 11 is 1.93. The lowest BCUT2D eigenvalue weighted by Crippen LogP contribution is -2.35. The van der Waals surface area contributed by atoms with Crippen molar-refractivity contribution in [1.82, 2.24) is 4.57 Å². The lowest BCUT2D eigenvalue weighted by Gasteiger charge is -2.23. The Kier molecular flexibility index (Phi) is 7.51. The molecule has 0 unspecified atom stereocenters. The Morgan fingerprint density at radius 1 is 0.593 bits per heavy atom. The summed E-state index contributed by atoms with van der Waals surface area (Å²) in [5.41, 5.74) is 18.8. The molecule has 12 rings (SSSR count). The minimum absolute atomic E-state index is 0.838. The molecule has 4 heterocycles. The number of hydrogen-bond donors (Lipinski definition) is 1. The first-order valence-corrected chi connectivity index (χ1v) is 21.1. The van der Waals surface area contributed by atoms with Crippen LogP contribution in [0.4, 0.5) is 17.1 Å². The average molecular weight is 776 g/mol. The average Bonchev–Trinajstić information content (AvgIpc) is 3.94. The van der Waals surface area contributed by atoms with Gasteiger partial charge in [0.2, 0.25) is 7.28 Å². The zero-order valence-corrected chi connectivity index (χ0v) is 33.8. The van der Waals surface area contributed by atoms with E-state index >= 15 is 0 Å². The third-order valence-electron chi connectivity index (χ3n) is 12.3. The molecule has 0 saturated carbocycles. The number of benzene rings is 8. The monoisotopic (exact) mass is 775 g/mol. The molecule has 0 radical (unpaired) electrons. The minimum Gasteiger partial charge on any atom is -0.456 e. The maximum atomic E-state index is 6.51. The summed E-state index contributed by atoms with van der Waals surface area (Å²) in [5, 5.41) is 10.0. The van der Waals surface area contributed by atoms with Gasteiger partial charge in [-0.05, 0) is 111 Å². The summed E-state index contributed by atoms with van der Waals surface area (Å²) in [6.45, 7) is 2.30. The van der Waals surface area contributed by atoms with Crippen LogP contribution in [0.5, 0.6) is 0 Å². The standard InChI is InChI=1S/C53H38BN3OS/c1-31-26-41(39-29-40-38-16-10-11-17-46(38)58-47(40)30-44(39)55-36-20-22-37(23-21-36)56(2)3)50-52-49(31)42-27-34(32-12-6-4-7-13-32)18-24-45(42)57(52)51-43-28-35(33-14-8-5-9-15-33)19-25-48(43)59-53(51)54-50/h4-30,54-55H,1-3H3. The Morgan fingerprint density at radius 2 is 1.29 bits per heavy atom. The van der Waals surface area contributed by atoms with Crippen LogP contribution in [0.15, 0.2) is 168 Å². The fraction of sp³-hybridized carbons (Fsp3) is 0.0566. The molecule has 3 aromatic heterocycles. The molecule has 1 aliphatic heterocycles. The second kappa shape index (κ2) is 13.0. The van der Waals surface area contributed by atoms with Gasteiger partial charge in [0.1, 0.15) is 11.2 Å². The van der Waals surface area contributed by atoms with Gasteiger partial charge < -0.3 is 19.2 Å². The predicted octanol–water partition coefficient (Wildman–Crippen LogP) is 12.7. The van der Waals surface area contributed by atoms with Crippen LogP contribution in [-0.2, 0) is 0 Å². The van der Waals surface area contributed by atoms with E-state index in [2.05, 4.69) is 194 Å². The molecule has 11 aromatic rings. The number of para-hydroxylation sites is 1. The van der Waals surface area contributed by atoms with Crippen molar-refractivity contribution in [3.63, 3.8) is 0 Å². The summed E-state index contributed by atoms with van der Waals surface area (Å²) < 4.78 is 11.8. The molecule has 8 aromatic carbocycles. The highest BCUT2D eigenvalue weighted by Gasteiger charge is 2.31. The number of aromatic nitrogens is 1. The van der Waals surface area contributed by atoms with Gasteiger partial charge in [-0.15, -0.1) is 11.3 Å². The van der Waals surface area contributed by atoms with E-state index < -0.39 is 0 Å². The zero-order valence-electron chi connectivity index (χ0n) is 33.0. The minimum atomic E-state index is 0.838. The number of nitrogens with one attached hydrogen (secondary N) is 1. The van der Waals surface area contributed by atoms with Crippen LogP contribution in [0.1, 0.15) is 5.56 Å². The van der Waals surface area contributed by atoms with E-state index in [9.17, 15) is 0 Å². The zero-order chi connectivity index (χ0) is 39.4. The molecule has 59 heavy (non-hydrogen) atoms. The second-order valence-corrected chi connectivity index (χ2v) is 17.2. The van der Waals surface area contributed by atoms with Crippen LogP contribution in [0.25, 0.3) is 92.9 Å². The van der Waals surface area contributed by atoms with Gasteiger partial charge in [0.15, 0.2) is 0 Å². The summed E-state index contributed by atoms with van der Waals surface area (Å²) in [6.07, 6.45) is 0. The molecule has 0 atom stereocenters. The quantitative estimate of drug-likeness (QED) is 0.171. The van der Waals surface area contributed by atoms with Crippen molar-refractivity contribution in [2.24, 2.45) is 0 Å². The fourth-order valence-corrected chi connectivity index (χ4v) is 10.7. The molecule has 6 heteroatoms. The molecule has 4 nitrogen and oxygen atoms in total. The molecule has 280 valence electrons. The van der Waals surface area contributed by atoms with E-state index in [-0.39, 0.29) is 0 Å². The molecule has 1 aliphatic rings. The molecule has 0 amide bonds. The van der Waals surface area contributed by atoms with Gasteiger partial charge in [-0.2, -0.15) is 0 Å². The second-order valence-electron chi connectivity index (χ2n) is 16.1. The SMILES string of the molecule is Cc1cc(-c2cc3c(cc2Nc2ccc(N(C)C)cc2)oc2ccccc23)c2c3c1c1cc(-c4ccccc4)ccc1n3-c1c(sc3ccc(-c4ccccc4)cc13)B2. The first kappa shape index (κ1) is 34.1. The van der Waals surface area contributed by atoms with Crippen molar-refractivity contribution in [3.8, 4) is 39.1 Å². The smallest absolute Gasteiger partial charge is 0.211 e. The Morgan fingerprint density at radius 3 is 2.03 bits per heavy atom. The third kappa shape index (κ3) is 5.30. The molecule has 0 bridgehead atoms. The Hall–Kier alpha value is -7.02. The predicted molar refractivity (Wildman–Crippen MR) is 255 cm³/mol. The van der Waals surface area contributed by atoms with Crippen LogP contribution in [0.2, 0.25) is 0 Å². The van der Waals surface area contributed by atoms with Gasteiger partial charge >= 0.3 is 0 Å². The van der Waals surface area contributed by atoms with Crippen LogP contribution >= 0.6 is 11.3 Å². The normalized spacial score (nSPS) is 12.1. The molecular weight excluding hydrogens is 737 g/mol. The summed E-state index contributed by atoms with van der Waals surface area (Å²) in [6, 6.07) is 59.7. The number of anilines is 3. The Labute approximate surface area is 346 Å². The largest absolute Gasteiger partial charge is 0.456 e. The molecule has 0 aliphatic carbocycles. The summed E-state index contributed by atoms with van der Waals surface area (Å²) in [7, 11) is 4.99. The van der Waals surface area contributed by atoms with Gasteiger partial charge in [-0.25, -0.2) is 0 Å². The van der Waals surface area contributed by atoms with Gasteiger partial charge in [-0.1, -0.05) is 97.1 Å². The van der Waals surface area contributed by atoms with Crippen molar-refractivity contribution in [1.29, 1.82) is 0 Å². The highest BCUT2D eigenvalue weighted by molar-refractivity contribution is 7.29. The number of hydrogen-bond acceptors (Lipinski definition) is 4. The maximum Gasteiger partial charge on any atom is 0.211 e. The van der Waals surface area contributed by atoms with E-state index in [1.165, 1.54) is 86.8 Å². The first-order chi connectivity index (χ1) is 29.0. The number of furan rings is 1. The molecule has 0 spiro atoms. The number of thiophene rings is 1. The summed E-state index contributed by atoms with van der Waals surface area (Å²) in [5.74, 6) is 0. The molecule has 1 N–H and O–H groups in total. The number of fused-ring (bicyclic) bond motifs is 10. The van der Waals surface area contributed by atoms with Crippen molar-refractivity contribution in [3.05, 3.63) is 169 Å². The van der Waals surface area contributed by atoms with Gasteiger partial charge in [0.25, 0.3) is 0 Å². The Balaban J connectivity index is 1.16. The van der Waals surface area contributed by atoms with Crippen LogP contribution < -0.4 is 20.5 Å². The van der Waals surface area contributed by atoms with Crippen LogP contribution in [0.3, 0.4) is 0 Å². The highest BCUT2D eigenvalue weighted by atomic mass is 32.1. The lowest BCUT2D eigenvalue weighted by atomic mass is 9.62. The first-order valence-electron chi connectivity index (χ1n) is 20.2. The van der Waals surface area contributed by atoms with E-state index in [1.807, 2.05) is 17.4 Å². The van der Waals surface area contributed by atoms with E-state index in [0.717, 1.165) is 46.3 Å². The Bertz CT molecular complexity index is 3470. The van der Waals surface area contributed by atoms with E-state index in [0.29, 0.717) is 0 Å². The molecule has 0 saturated heterocycles. The van der Waals surface area contributed by atoms with Crippen molar-refractivity contribution in [2.45, 2.75) is 6.92 Å². The van der Waals surface area contributed by atoms with Crippen molar-refractivity contribution < 1.29 is 4.42 Å². The maximum absolute atomic E-state index is 6.51. The summed E-state index contributed by atoms with van der Waals surface area (Å²) in [4.78, 5) is 2.13. The van der Waals surface area contributed by atoms with Crippen LogP contribution in [0, 0.1) is 6.92 Å². The molecule has 0 fully saturated rings. The van der Waals surface area contributed by atoms with Crippen molar-refractivity contribution in [2.75, 3.05) is 24.3 Å². The highest BCUT2D eigenvalue weighted by Crippen LogP contribution is 2.45. The van der Waals surface area contributed by atoms with Gasteiger partial charge in [0.05, 0.1) is 16.9 Å². The van der Waals surface area contributed by atoms with Crippen molar-refractivity contribution >= 4 is 99.7 Å². The lowest BCUT2D eigenvalue weighted by molar-refractivity contribution is 0.669. The number of nitrogens with zero attached hydrogens (tertiary/aromatic N) is 2.